The molecule has 0 radical (unpaired) electrons. The van der Waals surface area contributed by atoms with E-state index in [0.29, 0.717) is 36.1 Å². The van der Waals surface area contributed by atoms with Crippen molar-refractivity contribution in [2.24, 2.45) is 61.9 Å². The SMILES string of the molecule is C=C(O)CC(C)(C)CC(=C)O[C@H]1CC[C@]2(C)[C@H]3CCC4(N)[C@H]5[C@H](C(=C)C)CC[C@]5(CC(=C)N5CC[C@H](N(C)C)C5)CC[C@@]4(C)[C@]3(C)CC[C@H]2C1(C)C. The van der Waals surface area contributed by atoms with Crippen molar-refractivity contribution in [1.29, 1.82) is 0 Å². The van der Waals surface area contributed by atoms with E-state index in [1.54, 1.807) is 0 Å². The maximum absolute atomic E-state index is 9.89. The highest BCUT2D eigenvalue weighted by Crippen LogP contribution is 2.78. The van der Waals surface area contributed by atoms with Gasteiger partial charge in [-0.2, -0.15) is 0 Å². The Bertz CT molecular complexity index is 1450. The second-order valence-electron chi connectivity index (χ2n) is 22.0. The second kappa shape index (κ2) is 13.2. The molecule has 5 aliphatic carbocycles. The zero-order valence-corrected chi connectivity index (χ0v) is 35.4. The van der Waals surface area contributed by atoms with E-state index < -0.39 is 0 Å². The molecule has 0 aromatic carbocycles. The molecule has 6 aliphatic rings. The fourth-order valence-corrected chi connectivity index (χ4v) is 15.3. The molecule has 1 saturated heterocycles. The summed E-state index contributed by atoms with van der Waals surface area (Å²) in [5, 5.41) is 9.89. The number of likely N-dealkylation sites (N-methyl/N-ethyl adjacent to an activating group) is 1. The van der Waals surface area contributed by atoms with Crippen LogP contribution in [0.4, 0.5) is 0 Å². The average Bonchev–Trinajstić information content (AvgIpc) is 3.66. The third kappa shape index (κ3) is 6.08. The minimum Gasteiger partial charge on any atom is -0.513 e. The Labute approximate surface area is 320 Å². The molecule has 0 aromatic heterocycles. The minimum absolute atomic E-state index is 0.0416. The highest BCUT2D eigenvalue weighted by molar-refractivity contribution is 5.29. The Morgan fingerprint density at radius 1 is 0.865 bits per heavy atom. The fourth-order valence-electron chi connectivity index (χ4n) is 15.3. The summed E-state index contributed by atoms with van der Waals surface area (Å²) in [5.74, 6) is 3.29. The normalized spacial score (nSPS) is 44.0. The molecule has 0 aromatic rings. The summed E-state index contributed by atoms with van der Waals surface area (Å²) in [7, 11) is 4.45. The lowest BCUT2D eigenvalue weighted by atomic mass is 9.30. The lowest BCUT2D eigenvalue weighted by Gasteiger charge is -2.76. The molecule has 0 amide bonds. The van der Waals surface area contributed by atoms with Crippen LogP contribution in [-0.2, 0) is 4.74 Å². The van der Waals surface area contributed by atoms with Crippen molar-refractivity contribution in [3.05, 3.63) is 49.1 Å². The minimum atomic E-state index is -0.211. The predicted octanol–water partition coefficient (Wildman–Crippen LogP) is 11.0. The van der Waals surface area contributed by atoms with Gasteiger partial charge in [-0.3, -0.25) is 0 Å². The number of allylic oxidation sites excluding steroid dienone is 4. The zero-order valence-electron chi connectivity index (χ0n) is 35.4. The van der Waals surface area contributed by atoms with Crippen LogP contribution in [0.15, 0.2) is 49.1 Å². The number of hydrogen-bond donors (Lipinski definition) is 2. The first-order valence-corrected chi connectivity index (χ1v) is 21.2. The van der Waals surface area contributed by atoms with Crippen LogP contribution < -0.4 is 5.73 Å². The van der Waals surface area contributed by atoms with Crippen molar-refractivity contribution >= 4 is 0 Å². The van der Waals surface area contributed by atoms with Crippen molar-refractivity contribution in [3.63, 3.8) is 0 Å². The van der Waals surface area contributed by atoms with Gasteiger partial charge in [-0.15, -0.1) is 0 Å². The summed E-state index contributed by atoms with van der Waals surface area (Å²) in [6.07, 6.45) is 15.9. The summed E-state index contributed by atoms with van der Waals surface area (Å²) in [5.41, 5.74) is 11.4. The monoisotopic (exact) mass is 718 g/mol. The molecule has 52 heavy (non-hydrogen) atoms. The molecule has 6 fully saturated rings. The van der Waals surface area contributed by atoms with Gasteiger partial charge in [0.15, 0.2) is 0 Å². The predicted molar refractivity (Wildman–Crippen MR) is 219 cm³/mol. The Morgan fingerprint density at radius 3 is 2.15 bits per heavy atom. The standard InChI is InChI=1S/C47H79N3O2/c1-31(2)36-15-22-46(27-32(3)50-26-19-35(30-50)49(13)14)25-24-45(12)44(11)21-16-37-42(8,9)39(52-34(5)29-41(6,7)28-33(4)51)18-20-43(37,10)38(44)17-23-47(45,48)40(36)46/h35-40,51H,1,3-5,15-30,48H2,2,6-14H3/t35-,36-,37-,38+,39-,40-,43-,44+,45-,46+,47?/m0/s1. The van der Waals surface area contributed by atoms with E-state index in [2.05, 4.69) is 99.0 Å². The number of rotatable bonds is 11. The van der Waals surface area contributed by atoms with Gasteiger partial charge in [0.25, 0.3) is 0 Å². The van der Waals surface area contributed by atoms with E-state index in [9.17, 15) is 5.11 Å². The Hall–Kier alpha value is -1.72. The third-order valence-electron chi connectivity index (χ3n) is 18.0. The van der Waals surface area contributed by atoms with E-state index in [1.165, 1.54) is 69.1 Å². The highest BCUT2D eigenvalue weighted by atomic mass is 16.5. The number of nitrogens with zero attached hydrogens (tertiary/aromatic N) is 2. The highest BCUT2D eigenvalue weighted by Gasteiger charge is 2.75. The molecule has 5 heteroatoms. The number of ether oxygens (including phenoxy) is 1. The quantitative estimate of drug-likeness (QED) is 0.165. The Balaban J connectivity index is 1.25. The number of fused-ring (bicyclic) bond motifs is 7. The maximum atomic E-state index is 9.89. The summed E-state index contributed by atoms with van der Waals surface area (Å²) in [4.78, 5) is 5.01. The van der Waals surface area contributed by atoms with Gasteiger partial charge in [0.1, 0.15) is 6.10 Å². The van der Waals surface area contributed by atoms with Crippen molar-refractivity contribution in [1.82, 2.24) is 9.80 Å². The molecule has 0 spiro atoms. The van der Waals surface area contributed by atoms with Crippen LogP contribution in [0.25, 0.3) is 0 Å². The molecule has 3 N–H and O–H groups in total. The lowest BCUT2D eigenvalue weighted by Crippen LogP contribution is -2.76. The van der Waals surface area contributed by atoms with Gasteiger partial charge in [-0.1, -0.05) is 80.4 Å². The number of likely N-dealkylation sites (tertiary alicyclic amines) is 1. The van der Waals surface area contributed by atoms with E-state index in [0.717, 1.165) is 44.5 Å². The molecule has 294 valence electrons. The van der Waals surface area contributed by atoms with Crippen molar-refractivity contribution in [2.75, 3.05) is 27.2 Å². The lowest BCUT2D eigenvalue weighted by molar-refractivity contribution is -0.255. The number of hydrogen-bond acceptors (Lipinski definition) is 5. The summed E-state index contributed by atoms with van der Waals surface area (Å²) in [6.45, 7) is 39.5. The largest absolute Gasteiger partial charge is 0.513 e. The third-order valence-corrected chi connectivity index (χ3v) is 18.0. The molecule has 5 nitrogen and oxygen atoms in total. The first kappa shape index (κ1) is 40.0. The van der Waals surface area contributed by atoms with Crippen LogP contribution in [0.1, 0.15) is 145 Å². The summed E-state index contributed by atoms with van der Waals surface area (Å²) in [6, 6.07) is 0.620. The van der Waals surface area contributed by atoms with Gasteiger partial charge >= 0.3 is 0 Å². The van der Waals surface area contributed by atoms with Crippen LogP contribution >= 0.6 is 0 Å². The molecular formula is C47H79N3O2. The maximum Gasteiger partial charge on any atom is 0.104 e. The Kier molecular flexibility index (Phi) is 10.1. The molecule has 5 saturated carbocycles. The van der Waals surface area contributed by atoms with Gasteiger partial charge in [-0.25, -0.2) is 0 Å². The number of aliphatic hydroxyl groups is 1. The van der Waals surface area contributed by atoms with Crippen LogP contribution in [0.3, 0.4) is 0 Å². The molecular weight excluding hydrogens is 639 g/mol. The molecule has 0 bridgehead atoms. The average molecular weight is 718 g/mol. The zero-order chi connectivity index (χ0) is 38.4. The van der Waals surface area contributed by atoms with Crippen LogP contribution in [0.2, 0.25) is 0 Å². The van der Waals surface area contributed by atoms with E-state index in [1.807, 2.05) is 0 Å². The molecule has 6 rings (SSSR count). The van der Waals surface area contributed by atoms with E-state index in [-0.39, 0.29) is 49.9 Å². The fraction of sp³-hybridized carbons (Fsp3) is 0.830. The molecule has 11 atom stereocenters. The van der Waals surface area contributed by atoms with Crippen LogP contribution in [0, 0.1) is 56.2 Å². The van der Waals surface area contributed by atoms with Gasteiger partial charge in [0.2, 0.25) is 0 Å². The van der Waals surface area contributed by atoms with Gasteiger partial charge in [0, 0.05) is 48.6 Å². The van der Waals surface area contributed by atoms with E-state index >= 15 is 0 Å². The van der Waals surface area contributed by atoms with Crippen molar-refractivity contribution in [3.8, 4) is 0 Å². The first-order chi connectivity index (χ1) is 24.0. The van der Waals surface area contributed by atoms with Gasteiger partial charge < -0.3 is 25.4 Å². The molecule has 1 heterocycles. The summed E-state index contributed by atoms with van der Waals surface area (Å²) >= 11 is 0. The second-order valence-corrected chi connectivity index (χ2v) is 22.0. The van der Waals surface area contributed by atoms with Crippen molar-refractivity contribution < 1.29 is 9.84 Å². The van der Waals surface area contributed by atoms with Crippen molar-refractivity contribution in [2.45, 2.75) is 163 Å². The Morgan fingerprint density at radius 2 is 1.54 bits per heavy atom. The topological polar surface area (TPSA) is 62.0 Å². The molecule has 1 unspecified atom stereocenters. The van der Waals surface area contributed by atoms with Crippen LogP contribution in [0.5, 0.6) is 0 Å². The number of aliphatic hydroxyl groups excluding tert-OH is 1. The summed E-state index contributed by atoms with van der Waals surface area (Å²) < 4.78 is 6.83. The molecule has 1 aliphatic heterocycles. The smallest absolute Gasteiger partial charge is 0.104 e. The van der Waals surface area contributed by atoms with E-state index in [4.69, 9.17) is 17.0 Å². The van der Waals surface area contributed by atoms with Crippen LogP contribution in [-0.4, -0.2) is 59.8 Å². The van der Waals surface area contributed by atoms with Gasteiger partial charge in [-0.05, 0) is 149 Å². The van der Waals surface area contributed by atoms with Gasteiger partial charge in [0.05, 0.1) is 11.5 Å². The number of nitrogens with two attached hydrogens (primary N) is 1. The first-order valence-electron chi connectivity index (χ1n) is 21.2.